The van der Waals surface area contributed by atoms with Crippen molar-refractivity contribution in [1.82, 2.24) is 14.5 Å². The van der Waals surface area contributed by atoms with E-state index < -0.39 is 5.41 Å². The molecule has 1 aliphatic carbocycles. The van der Waals surface area contributed by atoms with Crippen molar-refractivity contribution in [1.29, 1.82) is 0 Å². The largest absolute Gasteiger partial charge is 0.309 e. The number of benzene rings is 9. The van der Waals surface area contributed by atoms with E-state index in [1.54, 1.807) is 0 Å². The van der Waals surface area contributed by atoms with Crippen molar-refractivity contribution < 1.29 is 0 Å². The van der Waals surface area contributed by atoms with Crippen LogP contribution in [0.1, 0.15) is 22.3 Å². The monoisotopic (exact) mass is 778 g/mol. The number of anilines is 3. The van der Waals surface area contributed by atoms with E-state index in [0.29, 0.717) is 5.82 Å². The Morgan fingerprint density at radius 1 is 0.410 bits per heavy atom. The van der Waals surface area contributed by atoms with Gasteiger partial charge in [0.2, 0.25) is 0 Å². The van der Waals surface area contributed by atoms with Crippen LogP contribution < -0.4 is 4.90 Å². The summed E-state index contributed by atoms with van der Waals surface area (Å²) < 4.78 is 2.42. The Labute approximate surface area is 354 Å². The Hall–Kier alpha value is -8.08. The van der Waals surface area contributed by atoms with Crippen LogP contribution in [0.3, 0.4) is 0 Å². The van der Waals surface area contributed by atoms with E-state index in [2.05, 4.69) is 222 Å². The fraction of sp³-hybridized carbons (Fsp3) is 0.0175. The first-order valence-corrected chi connectivity index (χ1v) is 20.8. The second-order valence-electron chi connectivity index (χ2n) is 15.8. The Morgan fingerprint density at radius 2 is 1.02 bits per heavy atom. The molecule has 0 unspecified atom stereocenters. The molecule has 4 nitrogen and oxygen atoms in total. The molecule has 0 saturated heterocycles. The number of aromatic nitrogens is 3. The highest BCUT2D eigenvalue weighted by molar-refractivity contribution is 6.10. The van der Waals surface area contributed by atoms with Crippen LogP contribution in [0.2, 0.25) is 0 Å². The topological polar surface area (TPSA) is 34.0 Å². The molecule has 0 bridgehead atoms. The van der Waals surface area contributed by atoms with Crippen LogP contribution >= 0.6 is 0 Å². The maximum atomic E-state index is 5.03. The van der Waals surface area contributed by atoms with Gasteiger partial charge in [-0.2, -0.15) is 0 Å². The van der Waals surface area contributed by atoms with Crippen LogP contribution in [0.25, 0.3) is 60.8 Å². The number of nitrogens with zero attached hydrogens (tertiary/aromatic N) is 4. The molecule has 0 amide bonds. The van der Waals surface area contributed by atoms with Crippen molar-refractivity contribution in [3.8, 4) is 28.2 Å². The number of rotatable bonds is 7. The summed E-state index contributed by atoms with van der Waals surface area (Å²) in [6.45, 7) is 0. The van der Waals surface area contributed by atoms with Gasteiger partial charge < -0.3 is 9.47 Å². The third-order valence-corrected chi connectivity index (χ3v) is 12.5. The minimum atomic E-state index is -0.483. The second-order valence-corrected chi connectivity index (χ2v) is 15.8. The molecule has 0 saturated carbocycles. The van der Waals surface area contributed by atoms with Gasteiger partial charge in [0.1, 0.15) is 0 Å². The fourth-order valence-corrected chi connectivity index (χ4v) is 9.96. The highest BCUT2D eigenvalue weighted by atomic mass is 15.2. The summed E-state index contributed by atoms with van der Waals surface area (Å²) in [5.41, 5.74) is 14.6. The van der Waals surface area contributed by atoms with E-state index in [9.17, 15) is 0 Å². The van der Waals surface area contributed by atoms with Gasteiger partial charge in [-0.25, -0.2) is 9.97 Å². The molecule has 286 valence electrons. The molecule has 0 atom stereocenters. The molecule has 2 aromatic heterocycles. The molecular formula is C57H38N4. The smallest absolute Gasteiger partial charge is 0.159 e. The lowest BCUT2D eigenvalue weighted by Gasteiger charge is -2.34. The van der Waals surface area contributed by atoms with Crippen LogP contribution in [-0.4, -0.2) is 14.5 Å². The van der Waals surface area contributed by atoms with Gasteiger partial charge in [-0.3, -0.25) is 0 Å². The molecule has 9 aromatic carbocycles. The third kappa shape index (κ3) is 5.39. The van der Waals surface area contributed by atoms with Gasteiger partial charge in [-0.15, -0.1) is 0 Å². The molecule has 4 heteroatoms. The number of para-hydroxylation sites is 2. The molecular weight excluding hydrogens is 741 g/mol. The van der Waals surface area contributed by atoms with E-state index in [-0.39, 0.29) is 0 Å². The average Bonchev–Trinajstić information content (AvgIpc) is 3.83. The maximum Gasteiger partial charge on any atom is 0.159 e. The summed E-state index contributed by atoms with van der Waals surface area (Å²) in [7, 11) is 0. The Balaban J connectivity index is 0.996. The average molecular weight is 779 g/mol. The predicted molar refractivity (Wildman–Crippen MR) is 251 cm³/mol. The van der Waals surface area contributed by atoms with Gasteiger partial charge in [0.25, 0.3) is 0 Å². The summed E-state index contributed by atoms with van der Waals surface area (Å²) >= 11 is 0. The minimum Gasteiger partial charge on any atom is -0.309 e. The molecule has 11 aromatic rings. The van der Waals surface area contributed by atoms with Gasteiger partial charge >= 0.3 is 0 Å². The zero-order valence-electron chi connectivity index (χ0n) is 33.2. The van der Waals surface area contributed by atoms with Gasteiger partial charge in [-0.05, 0) is 93.4 Å². The molecule has 0 radical (unpaired) electrons. The van der Waals surface area contributed by atoms with Crippen LogP contribution in [0.4, 0.5) is 17.1 Å². The molecule has 0 spiro atoms. The van der Waals surface area contributed by atoms with Gasteiger partial charge in [0.15, 0.2) is 5.82 Å². The number of hydrogen-bond acceptors (Lipinski definition) is 3. The van der Waals surface area contributed by atoms with Gasteiger partial charge in [0, 0.05) is 33.1 Å². The molecule has 1 aliphatic rings. The van der Waals surface area contributed by atoms with Crippen LogP contribution in [0.5, 0.6) is 0 Å². The lowest BCUT2D eigenvalue weighted by Crippen LogP contribution is -2.28. The predicted octanol–water partition coefficient (Wildman–Crippen LogP) is 14.2. The summed E-state index contributed by atoms with van der Waals surface area (Å²) in [6, 6.07) is 78.7. The van der Waals surface area contributed by atoms with Crippen LogP contribution in [0, 0.1) is 0 Å². The maximum absolute atomic E-state index is 5.03. The molecule has 2 heterocycles. The van der Waals surface area contributed by atoms with Gasteiger partial charge in [-0.1, -0.05) is 164 Å². The summed E-state index contributed by atoms with van der Waals surface area (Å²) in [5.74, 6) is 0.680. The zero-order chi connectivity index (χ0) is 40.3. The normalized spacial score (nSPS) is 12.7. The Bertz CT molecular complexity index is 3370. The van der Waals surface area contributed by atoms with Crippen molar-refractivity contribution in [3.63, 3.8) is 0 Å². The first-order valence-electron chi connectivity index (χ1n) is 20.8. The highest BCUT2D eigenvalue weighted by Crippen LogP contribution is 2.56. The van der Waals surface area contributed by atoms with Crippen molar-refractivity contribution >= 4 is 49.6 Å². The van der Waals surface area contributed by atoms with E-state index >= 15 is 0 Å². The SMILES string of the molecule is c1ccc(N(c2cnc(-c3ccc4c(c3)c3ccccc3n4-c3ccc4c(c3)C(c3ccccc3)(c3ccccc3)c3ccccc3-4)nc2)c2cccc3ccccc23)cc1. The Kier molecular flexibility index (Phi) is 8.04. The molecule has 0 N–H and O–H groups in total. The zero-order valence-corrected chi connectivity index (χ0v) is 33.2. The van der Waals surface area contributed by atoms with E-state index in [1.807, 2.05) is 18.5 Å². The summed E-state index contributed by atoms with van der Waals surface area (Å²) in [6.07, 6.45) is 3.89. The highest BCUT2D eigenvalue weighted by Gasteiger charge is 2.46. The van der Waals surface area contributed by atoms with Crippen molar-refractivity contribution in [2.45, 2.75) is 5.41 Å². The number of hydrogen-bond donors (Lipinski definition) is 0. The van der Waals surface area contributed by atoms with Crippen LogP contribution in [-0.2, 0) is 5.41 Å². The first-order chi connectivity index (χ1) is 30.3. The molecule has 61 heavy (non-hydrogen) atoms. The lowest BCUT2D eigenvalue weighted by atomic mass is 9.67. The number of fused-ring (bicyclic) bond motifs is 7. The Morgan fingerprint density at radius 3 is 1.79 bits per heavy atom. The quantitative estimate of drug-likeness (QED) is 0.162. The summed E-state index contributed by atoms with van der Waals surface area (Å²) in [4.78, 5) is 12.3. The minimum absolute atomic E-state index is 0.483. The molecule has 12 rings (SSSR count). The first kappa shape index (κ1) is 34.9. The van der Waals surface area contributed by atoms with Gasteiger partial charge in [0.05, 0.1) is 40.2 Å². The molecule has 0 aliphatic heterocycles. The standard InChI is InChI=1S/C57H38N4/c1-4-19-41(20-5-1)57(42-21-6-2-7-22-42)51-28-14-12-26-47(51)48-33-32-44(36-52(48)57)61-54-29-15-13-27-49(54)50-35-40(31-34-55(50)61)56-58-37-45(38-59-56)60(43-23-8-3-9-24-43)53-30-16-18-39-17-10-11-25-46(39)53/h1-38H. The van der Waals surface area contributed by atoms with E-state index in [4.69, 9.17) is 9.97 Å². The lowest BCUT2D eigenvalue weighted by molar-refractivity contribution is 0.767. The summed E-state index contributed by atoms with van der Waals surface area (Å²) in [5, 5.41) is 4.69. The third-order valence-electron chi connectivity index (χ3n) is 12.5. The second kappa shape index (κ2) is 14.0. The molecule has 0 fully saturated rings. The van der Waals surface area contributed by atoms with Crippen molar-refractivity contribution in [2.75, 3.05) is 4.90 Å². The van der Waals surface area contributed by atoms with Crippen molar-refractivity contribution in [2.24, 2.45) is 0 Å². The van der Waals surface area contributed by atoms with Crippen LogP contribution in [0.15, 0.2) is 231 Å². The fourth-order valence-electron chi connectivity index (χ4n) is 9.96. The van der Waals surface area contributed by atoms with E-state index in [1.165, 1.54) is 49.5 Å². The van der Waals surface area contributed by atoms with Crippen molar-refractivity contribution in [3.05, 3.63) is 253 Å². The van der Waals surface area contributed by atoms with E-state index in [0.717, 1.165) is 44.7 Å².